The fourth-order valence-corrected chi connectivity index (χ4v) is 5.33. The fraction of sp³-hybridized carbons (Fsp3) is 0.333. The van der Waals surface area contributed by atoms with Crippen molar-refractivity contribution < 1.29 is 14.3 Å². The number of amides is 3. The zero-order chi connectivity index (χ0) is 24.8. The van der Waals surface area contributed by atoms with Gasteiger partial charge >= 0.3 is 6.03 Å². The van der Waals surface area contributed by atoms with Gasteiger partial charge in [-0.25, -0.2) is 4.79 Å². The zero-order valence-corrected chi connectivity index (χ0v) is 21.5. The summed E-state index contributed by atoms with van der Waals surface area (Å²) in [5.74, 6) is 0.675. The van der Waals surface area contributed by atoms with Crippen LogP contribution in [0.1, 0.15) is 36.8 Å². The predicted molar refractivity (Wildman–Crippen MR) is 141 cm³/mol. The van der Waals surface area contributed by atoms with Gasteiger partial charge in [-0.15, -0.1) is 11.3 Å². The SMILES string of the molecule is CC[C@@H](C)N(CC(=O)N1CCc2sccc2[C@H]1COc1ccccc1)C(=O)Nc1cccc(Cl)c1. The van der Waals surface area contributed by atoms with E-state index in [-0.39, 0.29) is 30.6 Å². The van der Waals surface area contributed by atoms with Crippen molar-refractivity contribution >= 4 is 40.6 Å². The van der Waals surface area contributed by atoms with E-state index in [1.807, 2.05) is 49.1 Å². The maximum absolute atomic E-state index is 13.6. The lowest BCUT2D eigenvalue weighted by atomic mass is 10.00. The number of urea groups is 1. The maximum Gasteiger partial charge on any atom is 0.322 e. The molecule has 1 aliphatic rings. The van der Waals surface area contributed by atoms with Crippen LogP contribution in [0.2, 0.25) is 5.02 Å². The molecule has 0 radical (unpaired) electrons. The van der Waals surface area contributed by atoms with E-state index in [9.17, 15) is 9.59 Å². The molecule has 6 nitrogen and oxygen atoms in total. The van der Waals surface area contributed by atoms with Crippen molar-refractivity contribution in [3.05, 3.63) is 81.5 Å². The number of halogens is 1. The van der Waals surface area contributed by atoms with Crippen LogP contribution in [-0.4, -0.2) is 47.5 Å². The van der Waals surface area contributed by atoms with Crippen LogP contribution < -0.4 is 10.1 Å². The third kappa shape index (κ3) is 6.16. The number of nitrogens with zero attached hydrogens (tertiary/aromatic N) is 2. The standard InChI is InChI=1S/C27H30ClN3O3S/c1-3-19(2)31(27(33)29-21-9-7-8-20(28)16-21)17-26(32)30-14-12-25-23(13-15-35-25)24(30)18-34-22-10-5-4-6-11-22/h4-11,13,15-16,19,24H,3,12,14,17-18H2,1-2H3,(H,29,33)/t19-,24-/m1/s1. The Kier molecular flexibility index (Phi) is 8.31. The van der Waals surface area contributed by atoms with Gasteiger partial charge in [-0.2, -0.15) is 0 Å². The van der Waals surface area contributed by atoms with Crippen LogP contribution in [0.5, 0.6) is 5.75 Å². The van der Waals surface area contributed by atoms with Crippen molar-refractivity contribution in [2.24, 2.45) is 0 Å². The minimum absolute atomic E-state index is 0.0112. The van der Waals surface area contributed by atoms with Crippen LogP contribution in [0.25, 0.3) is 0 Å². The Balaban J connectivity index is 1.50. The minimum Gasteiger partial charge on any atom is -0.491 e. The summed E-state index contributed by atoms with van der Waals surface area (Å²) in [5, 5.41) is 5.49. The number of ether oxygens (including phenoxy) is 1. The molecule has 2 atom stereocenters. The molecular weight excluding hydrogens is 482 g/mol. The Morgan fingerprint density at radius 1 is 1.20 bits per heavy atom. The molecule has 0 spiro atoms. The molecule has 0 saturated carbocycles. The summed E-state index contributed by atoms with van der Waals surface area (Å²) in [5.41, 5.74) is 1.72. The molecule has 0 unspecified atom stereocenters. The molecule has 8 heteroatoms. The van der Waals surface area contributed by atoms with Gasteiger partial charge in [0.15, 0.2) is 0 Å². The van der Waals surface area contributed by atoms with Gasteiger partial charge in [-0.05, 0) is 67.1 Å². The number of hydrogen-bond acceptors (Lipinski definition) is 4. The normalized spacial score (nSPS) is 15.7. The first-order valence-electron chi connectivity index (χ1n) is 11.8. The van der Waals surface area contributed by atoms with Crippen molar-refractivity contribution in [2.75, 3.05) is 25.0 Å². The van der Waals surface area contributed by atoms with Crippen molar-refractivity contribution in [2.45, 2.75) is 38.8 Å². The lowest BCUT2D eigenvalue weighted by Crippen LogP contribution is -2.50. The summed E-state index contributed by atoms with van der Waals surface area (Å²) in [6, 6.07) is 18.1. The number of thiophene rings is 1. The number of para-hydroxylation sites is 1. The first-order valence-corrected chi connectivity index (χ1v) is 13.1. The molecule has 35 heavy (non-hydrogen) atoms. The molecule has 0 fully saturated rings. The number of nitrogens with one attached hydrogen (secondary N) is 1. The van der Waals surface area contributed by atoms with Gasteiger partial charge in [0.25, 0.3) is 0 Å². The highest BCUT2D eigenvalue weighted by Crippen LogP contribution is 2.34. The van der Waals surface area contributed by atoms with E-state index in [4.69, 9.17) is 16.3 Å². The van der Waals surface area contributed by atoms with Crippen LogP contribution in [0.15, 0.2) is 66.0 Å². The molecule has 3 aromatic rings. The summed E-state index contributed by atoms with van der Waals surface area (Å²) in [7, 11) is 0. The second-order valence-corrected chi connectivity index (χ2v) is 10.0. The third-order valence-electron chi connectivity index (χ3n) is 6.33. The van der Waals surface area contributed by atoms with Crippen LogP contribution >= 0.6 is 22.9 Å². The summed E-state index contributed by atoms with van der Waals surface area (Å²) in [4.78, 5) is 31.5. The zero-order valence-electron chi connectivity index (χ0n) is 19.9. The molecule has 0 saturated heterocycles. The number of rotatable bonds is 8. The number of hydrogen-bond donors (Lipinski definition) is 1. The van der Waals surface area contributed by atoms with Crippen LogP contribution in [-0.2, 0) is 11.2 Å². The summed E-state index contributed by atoms with van der Waals surface area (Å²) in [6.07, 6.45) is 1.53. The van der Waals surface area contributed by atoms with Crippen LogP contribution in [0.4, 0.5) is 10.5 Å². The maximum atomic E-state index is 13.6. The number of fused-ring (bicyclic) bond motifs is 1. The Labute approximate surface area is 215 Å². The monoisotopic (exact) mass is 511 g/mol. The van der Waals surface area contributed by atoms with Gasteiger partial charge in [0.05, 0.1) is 6.04 Å². The number of benzene rings is 2. The van der Waals surface area contributed by atoms with E-state index in [0.29, 0.717) is 23.9 Å². The van der Waals surface area contributed by atoms with E-state index < -0.39 is 0 Å². The molecule has 4 rings (SSSR count). The molecule has 2 aromatic carbocycles. The minimum atomic E-state index is -0.319. The number of carbonyl (C=O) groups is 2. The van der Waals surface area contributed by atoms with Crippen molar-refractivity contribution in [1.29, 1.82) is 0 Å². The van der Waals surface area contributed by atoms with Gasteiger partial charge in [0, 0.05) is 28.2 Å². The van der Waals surface area contributed by atoms with E-state index in [0.717, 1.165) is 24.2 Å². The van der Waals surface area contributed by atoms with Crippen LogP contribution in [0, 0.1) is 0 Å². The summed E-state index contributed by atoms with van der Waals surface area (Å²) in [6.45, 7) is 4.90. The van der Waals surface area contributed by atoms with Gasteiger partial charge in [-0.3, -0.25) is 4.79 Å². The second kappa shape index (κ2) is 11.6. The largest absolute Gasteiger partial charge is 0.491 e. The number of carbonyl (C=O) groups excluding carboxylic acids is 2. The first-order chi connectivity index (χ1) is 17.0. The first kappa shape index (κ1) is 25.1. The second-order valence-electron chi connectivity index (χ2n) is 8.60. The Morgan fingerprint density at radius 2 is 2.00 bits per heavy atom. The average Bonchev–Trinajstić information content (AvgIpc) is 3.35. The molecule has 0 aliphatic carbocycles. The van der Waals surface area contributed by atoms with Crippen LogP contribution in [0.3, 0.4) is 0 Å². The van der Waals surface area contributed by atoms with Gasteiger partial charge in [0.2, 0.25) is 5.91 Å². The topological polar surface area (TPSA) is 61.9 Å². The van der Waals surface area contributed by atoms with E-state index >= 15 is 0 Å². The smallest absolute Gasteiger partial charge is 0.322 e. The molecule has 1 aromatic heterocycles. The molecule has 0 bridgehead atoms. The van der Waals surface area contributed by atoms with Gasteiger partial charge < -0.3 is 19.9 Å². The van der Waals surface area contributed by atoms with E-state index in [1.165, 1.54) is 4.88 Å². The molecule has 1 aliphatic heterocycles. The highest BCUT2D eigenvalue weighted by atomic mass is 35.5. The van der Waals surface area contributed by atoms with Crippen molar-refractivity contribution in [3.8, 4) is 5.75 Å². The average molecular weight is 512 g/mol. The Hall–Kier alpha value is -3.03. The highest BCUT2D eigenvalue weighted by molar-refractivity contribution is 7.10. The molecule has 184 valence electrons. The third-order valence-corrected chi connectivity index (χ3v) is 7.56. The summed E-state index contributed by atoms with van der Waals surface area (Å²) < 4.78 is 6.07. The highest BCUT2D eigenvalue weighted by Gasteiger charge is 2.34. The molecule has 1 N–H and O–H groups in total. The van der Waals surface area contributed by atoms with Gasteiger partial charge in [-0.1, -0.05) is 42.8 Å². The quantitative estimate of drug-likeness (QED) is 0.389. The van der Waals surface area contributed by atoms with Gasteiger partial charge in [0.1, 0.15) is 18.9 Å². The van der Waals surface area contributed by atoms with Crippen molar-refractivity contribution in [1.82, 2.24) is 9.80 Å². The fourth-order valence-electron chi connectivity index (χ4n) is 4.21. The van der Waals surface area contributed by atoms with E-state index in [2.05, 4.69) is 16.8 Å². The van der Waals surface area contributed by atoms with E-state index in [1.54, 1.807) is 40.5 Å². The molecule has 3 amide bonds. The predicted octanol–water partition coefficient (Wildman–Crippen LogP) is 6.24. The molecular formula is C27H30ClN3O3S. The Morgan fingerprint density at radius 3 is 2.74 bits per heavy atom. The van der Waals surface area contributed by atoms with Crippen molar-refractivity contribution in [3.63, 3.8) is 0 Å². The summed E-state index contributed by atoms with van der Waals surface area (Å²) >= 11 is 7.78. The molecule has 2 heterocycles. The number of anilines is 1. The lowest BCUT2D eigenvalue weighted by Gasteiger charge is -2.38. The lowest BCUT2D eigenvalue weighted by molar-refractivity contribution is -0.135. The Bertz CT molecular complexity index is 1150.